The van der Waals surface area contributed by atoms with Gasteiger partial charge in [0.25, 0.3) is 5.91 Å². The van der Waals surface area contributed by atoms with E-state index in [1.54, 1.807) is 29.2 Å². The number of hydrogen-bond acceptors (Lipinski definition) is 3. The molecule has 4 aromatic rings. The topological polar surface area (TPSA) is 59.8 Å². The summed E-state index contributed by atoms with van der Waals surface area (Å²) in [5, 5.41) is 7.81. The molecular weight excluding hydrogens is 391 g/mol. The largest absolute Gasteiger partial charge is 0.344 e. The number of hydrogen-bond donors (Lipinski definition) is 1. The summed E-state index contributed by atoms with van der Waals surface area (Å²) in [6, 6.07) is 19.5. The smallest absolute Gasteiger partial charge is 0.270 e. The third-order valence-corrected chi connectivity index (χ3v) is 5.20. The molecule has 0 aliphatic rings. The molecule has 0 aliphatic carbocycles. The summed E-state index contributed by atoms with van der Waals surface area (Å²) in [5.41, 5.74) is 4.38. The number of carbonyl (C=O) groups is 1. The third kappa shape index (κ3) is 4.23. The summed E-state index contributed by atoms with van der Waals surface area (Å²) in [7, 11) is 0. The number of amides is 1. The summed E-state index contributed by atoms with van der Waals surface area (Å²) in [6.07, 6.45) is 3.36. The van der Waals surface area contributed by atoms with Gasteiger partial charge in [-0.15, -0.1) is 0 Å². The molecule has 0 aliphatic heterocycles. The van der Waals surface area contributed by atoms with Crippen molar-refractivity contribution in [3.05, 3.63) is 96.2 Å². The summed E-state index contributed by atoms with van der Waals surface area (Å²) in [5.74, 6) is -0.537. The van der Waals surface area contributed by atoms with Gasteiger partial charge in [-0.3, -0.25) is 14.5 Å². The maximum atomic E-state index is 13.5. The van der Waals surface area contributed by atoms with Crippen LogP contribution >= 0.6 is 0 Å². The van der Waals surface area contributed by atoms with Gasteiger partial charge in [0, 0.05) is 30.1 Å². The SMILES string of the molecule is CCn1nc(-c2ccc(F)cc2)c(-c2ccncc2)c1C(=O)NC(C)c1ccccc1. The van der Waals surface area contributed by atoms with Crippen molar-refractivity contribution in [3.63, 3.8) is 0 Å². The van der Waals surface area contributed by atoms with Crippen LogP contribution in [0.4, 0.5) is 4.39 Å². The Morgan fingerprint density at radius 2 is 1.68 bits per heavy atom. The lowest BCUT2D eigenvalue weighted by Gasteiger charge is -2.16. The minimum Gasteiger partial charge on any atom is -0.344 e. The van der Waals surface area contributed by atoms with Gasteiger partial charge in [-0.05, 0) is 61.4 Å². The second-order valence-electron chi connectivity index (χ2n) is 7.24. The number of nitrogens with one attached hydrogen (secondary N) is 1. The van der Waals surface area contributed by atoms with Crippen LogP contribution in [0.5, 0.6) is 0 Å². The Kier molecular flexibility index (Phi) is 5.89. The van der Waals surface area contributed by atoms with Crippen molar-refractivity contribution in [2.24, 2.45) is 0 Å². The standard InChI is InChI=1S/C25H23FN4O/c1-3-30-24(25(31)28-17(2)18-7-5-4-6-8-18)22(19-13-15-27-16-14-19)23(29-30)20-9-11-21(26)12-10-20/h4-17H,3H2,1-2H3,(H,28,31). The molecule has 156 valence electrons. The van der Waals surface area contributed by atoms with E-state index in [1.165, 1.54) is 12.1 Å². The molecule has 1 atom stereocenters. The molecule has 0 fully saturated rings. The highest BCUT2D eigenvalue weighted by Gasteiger charge is 2.26. The molecule has 1 N–H and O–H groups in total. The van der Waals surface area contributed by atoms with Gasteiger partial charge < -0.3 is 5.32 Å². The minimum absolute atomic E-state index is 0.173. The average Bonchev–Trinajstić information content (AvgIpc) is 3.20. The molecule has 31 heavy (non-hydrogen) atoms. The van der Waals surface area contributed by atoms with Crippen molar-refractivity contribution < 1.29 is 9.18 Å². The second kappa shape index (κ2) is 8.92. The van der Waals surface area contributed by atoms with Crippen LogP contribution in [0.3, 0.4) is 0 Å². The third-order valence-electron chi connectivity index (χ3n) is 5.20. The van der Waals surface area contributed by atoms with Crippen molar-refractivity contribution in [1.82, 2.24) is 20.1 Å². The predicted octanol–water partition coefficient (Wildman–Crippen LogP) is 5.26. The van der Waals surface area contributed by atoms with Crippen LogP contribution in [0.15, 0.2) is 79.1 Å². The molecule has 1 unspecified atom stereocenters. The lowest BCUT2D eigenvalue weighted by atomic mass is 9.99. The molecular formula is C25H23FN4O. The molecule has 2 aromatic carbocycles. The number of nitrogens with zero attached hydrogens (tertiary/aromatic N) is 3. The lowest BCUT2D eigenvalue weighted by Crippen LogP contribution is -2.29. The molecule has 5 nitrogen and oxygen atoms in total. The van der Waals surface area contributed by atoms with Crippen molar-refractivity contribution in [3.8, 4) is 22.4 Å². The van der Waals surface area contributed by atoms with Gasteiger partial charge in [-0.25, -0.2) is 4.39 Å². The van der Waals surface area contributed by atoms with E-state index in [9.17, 15) is 9.18 Å². The van der Waals surface area contributed by atoms with Crippen LogP contribution in [0.2, 0.25) is 0 Å². The summed E-state index contributed by atoms with van der Waals surface area (Å²) < 4.78 is 15.2. The van der Waals surface area contributed by atoms with Gasteiger partial charge in [0.05, 0.1) is 6.04 Å². The number of pyridine rings is 1. The number of aromatic nitrogens is 3. The van der Waals surface area contributed by atoms with E-state index in [1.807, 2.05) is 56.3 Å². The van der Waals surface area contributed by atoms with Crippen LogP contribution in [-0.2, 0) is 6.54 Å². The summed E-state index contributed by atoms with van der Waals surface area (Å²) >= 11 is 0. The second-order valence-corrected chi connectivity index (χ2v) is 7.24. The maximum absolute atomic E-state index is 13.5. The molecule has 0 saturated heterocycles. The zero-order valence-electron chi connectivity index (χ0n) is 17.4. The van der Waals surface area contributed by atoms with Crippen LogP contribution in [0.1, 0.15) is 35.9 Å². The van der Waals surface area contributed by atoms with E-state index < -0.39 is 0 Å². The normalized spacial score (nSPS) is 11.8. The first-order valence-electron chi connectivity index (χ1n) is 10.2. The first-order valence-corrected chi connectivity index (χ1v) is 10.2. The van der Waals surface area contributed by atoms with Crippen molar-refractivity contribution in [2.45, 2.75) is 26.4 Å². The molecule has 2 heterocycles. The fraction of sp³-hybridized carbons (Fsp3) is 0.160. The van der Waals surface area contributed by atoms with E-state index >= 15 is 0 Å². The highest BCUT2D eigenvalue weighted by molar-refractivity contribution is 6.03. The van der Waals surface area contributed by atoms with Gasteiger partial charge in [0.2, 0.25) is 0 Å². The fourth-order valence-electron chi connectivity index (χ4n) is 3.61. The van der Waals surface area contributed by atoms with Crippen molar-refractivity contribution in [1.29, 1.82) is 0 Å². The molecule has 2 aromatic heterocycles. The summed E-state index contributed by atoms with van der Waals surface area (Å²) in [4.78, 5) is 17.6. The maximum Gasteiger partial charge on any atom is 0.270 e. The number of rotatable bonds is 6. The minimum atomic E-state index is -0.321. The van der Waals surface area contributed by atoms with E-state index in [0.717, 1.165) is 16.7 Å². The number of carbonyl (C=O) groups excluding carboxylic acids is 1. The average molecular weight is 414 g/mol. The molecule has 0 spiro atoms. The predicted molar refractivity (Wildman–Crippen MR) is 119 cm³/mol. The first-order chi connectivity index (χ1) is 15.1. The monoisotopic (exact) mass is 414 g/mol. The van der Waals surface area contributed by atoms with Gasteiger partial charge in [-0.1, -0.05) is 30.3 Å². The van der Waals surface area contributed by atoms with Gasteiger partial charge in [-0.2, -0.15) is 5.10 Å². The quantitative estimate of drug-likeness (QED) is 0.468. The van der Waals surface area contributed by atoms with Gasteiger partial charge in [0.15, 0.2) is 0 Å². The van der Waals surface area contributed by atoms with Crippen LogP contribution in [-0.4, -0.2) is 20.7 Å². The van der Waals surface area contributed by atoms with E-state index in [0.29, 0.717) is 23.5 Å². The molecule has 1 amide bonds. The molecule has 4 rings (SSSR count). The number of benzene rings is 2. The Bertz CT molecular complexity index is 1170. The Labute approximate surface area is 180 Å². The Morgan fingerprint density at radius 3 is 2.32 bits per heavy atom. The van der Waals surface area contributed by atoms with E-state index in [-0.39, 0.29) is 17.8 Å². The molecule has 0 saturated carbocycles. The van der Waals surface area contributed by atoms with E-state index in [2.05, 4.69) is 10.3 Å². The highest BCUT2D eigenvalue weighted by atomic mass is 19.1. The molecule has 0 bridgehead atoms. The lowest BCUT2D eigenvalue weighted by molar-refractivity contribution is 0.0930. The molecule has 6 heteroatoms. The fourth-order valence-corrected chi connectivity index (χ4v) is 3.61. The van der Waals surface area contributed by atoms with Gasteiger partial charge >= 0.3 is 0 Å². The first kappa shape index (κ1) is 20.5. The van der Waals surface area contributed by atoms with Crippen molar-refractivity contribution >= 4 is 5.91 Å². The van der Waals surface area contributed by atoms with Crippen LogP contribution < -0.4 is 5.32 Å². The Hall–Kier alpha value is -3.80. The number of halogens is 1. The van der Waals surface area contributed by atoms with Crippen LogP contribution in [0.25, 0.3) is 22.4 Å². The highest BCUT2D eigenvalue weighted by Crippen LogP contribution is 2.35. The summed E-state index contributed by atoms with van der Waals surface area (Å²) in [6.45, 7) is 4.41. The zero-order valence-corrected chi connectivity index (χ0v) is 17.4. The number of aryl methyl sites for hydroxylation is 1. The van der Waals surface area contributed by atoms with E-state index in [4.69, 9.17) is 5.10 Å². The zero-order chi connectivity index (χ0) is 21.8. The van der Waals surface area contributed by atoms with Crippen LogP contribution in [0, 0.1) is 5.82 Å². The Morgan fingerprint density at radius 1 is 1.00 bits per heavy atom. The van der Waals surface area contributed by atoms with Crippen molar-refractivity contribution in [2.75, 3.05) is 0 Å². The Balaban J connectivity index is 1.82. The van der Waals surface area contributed by atoms with Gasteiger partial charge in [0.1, 0.15) is 17.2 Å². The molecule has 0 radical (unpaired) electrons.